The molecular formula is C41H39F4N9O2. The van der Waals surface area contributed by atoms with Crippen LogP contribution in [0.1, 0.15) is 72.6 Å². The second-order valence-electron chi connectivity index (χ2n) is 14.5. The molecule has 0 radical (unpaired) electrons. The topological polar surface area (TPSA) is 121 Å². The van der Waals surface area contributed by atoms with Gasteiger partial charge in [0.2, 0.25) is 5.91 Å². The number of likely N-dealkylation sites (tertiary alicyclic amines) is 1. The van der Waals surface area contributed by atoms with Gasteiger partial charge in [0, 0.05) is 48.5 Å². The Balaban J connectivity index is 0.966. The molecule has 2 saturated heterocycles. The van der Waals surface area contributed by atoms with Crippen LogP contribution in [-0.4, -0.2) is 61.2 Å². The van der Waals surface area contributed by atoms with Crippen molar-refractivity contribution in [3.05, 3.63) is 107 Å². The molecule has 8 rings (SSSR count). The molecule has 2 fully saturated rings. The summed E-state index contributed by atoms with van der Waals surface area (Å²) in [7, 11) is 1.76. The molecule has 2 aliphatic rings. The average molecular weight is 766 g/mol. The highest BCUT2D eigenvalue weighted by atomic mass is 19.3. The minimum atomic E-state index is -2.93. The number of piperidine rings is 1. The SMILES string of the molecule is Cc1nc(N[C@H](C)c2cccc(C(F)F)c2F)c2cc(-c3cccc(CN4CCC(c5cc6c(cc5F)c(N5CCC(=O)NC5=O)nn6C)CC4)c3)ncc2n1. The molecule has 1 atom stereocenters. The van der Waals surface area contributed by atoms with Gasteiger partial charge in [0.05, 0.1) is 34.5 Å². The van der Waals surface area contributed by atoms with Gasteiger partial charge < -0.3 is 5.32 Å². The van der Waals surface area contributed by atoms with E-state index in [0.29, 0.717) is 51.6 Å². The monoisotopic (exact) mass is 765 g/mol. The summed E-state index contributed by atoms with van der Waals surface area (Å²) < 4.78 is 59.2. The number of halogens is 4. The van der Waals surface area contributed by atoms with Crippen LogP contribution in [0.2, 0.25) is 0 Å². The van der Waals surface area contributed by atoms with Crippen molar-refractivity contribution in [2.24, 2.45) is 7.05 Å². The summed E-state index contributed by atoms with van der Waals surface area (Å²) in [5, 5.41) is 11.2. The Labute approximate surface area is 319 Å². The maximum Gasteiger partial charge on any atom is 0.329 e. The predicted octanol–water partition coefficient (Wildman–Crippen LogP) is 8.10. The normalized spacial score (nSPS) is 16.2. The fourth-order valence-electron chi connectivity index (χ4n) is 7.81. The molecule has 0 spiro atoms. The predicted molar refractivity (Wildman–Crippen MR) is 204 cm³/mol. The van der Waals surface area contributed by atoms with Crippen molar-refractivity contribution in [2.45, 2.75) is 58.0 Å². The molecule has 6 aromatic rings. The number of aromatic nitrogens is 5. The van der Waals surface area contributed by atoms with E-state index in [1.54, 1.807) is 31.8 Å². The zero-order chi connectivity index (χ0) is 39.2. The lowest BCUT2D eigenvalue weighted by Crippen LogP contribution is -2.49. The summed E-state index contributed by atoms with van der Waals surface area (Å²) in [4.78, 5) is 41.7. The van der Waals surface area contributed by atoms with Crippen LogP contribution in [0.5, 0.6) is 0 Å². The zero-order valence-corrected chi connectivity index (χ0v) is 31.0. The minimum Gasteiger partial charge on any atom is -0.363 e. The number of pyridine rings is 1. The summed E-state index contributed by atoms with van der Waals surface area (Å²) in [6.45, 7) is 5.84. The van der Waals surface area contributed by atoms with E-state index in [2.05, 4.69) is 42.7 Å². The number of imide groups is 1. The molecule has 0 bridgehead atoms. The van der Waals surface area contributed by atoms with E-state index in [0.717, 1.165) is 48.6 Å². The lowest BCUT2D eigenvalue weighted by molar-refractivity contribution is -0.120. The first-order valence-corrected chi connectivity index (χ1v) is 18.5. The number of carbonyl (C=O) groups excluding carboxylic acids is 2. The highest BCUT2D eigenvalue weighted by Gasteiger charge is 2.30. The van der Waals surface area contributed by atoms with Crippen LogP contribution in [0.15, 0.2) is 66.9 Å². The molecule has 3 amide bonds. The van der Waals surface area contributed by atoms with Crippen LogP contribution in [0.4, 0.5) is 34.0 Å². The molecule has 3 aromatic carbocycles. The van der Waals surface area contributed by atoms with E-state index in [-0.39, 0.29) is 36.2 Å². The number of amides is 3. The summed E-state index contributed by atoms with van der Waals surface area (Å²) in [6.07, 6.45) is 0.415. The number of rotatable bonds is 9. The van der Waals surface area contributed by atoms with Gasteiger partial charge in [-0.1, -0.05) is 36.4 Å². The first-order chi connectivity index (χ1) is 26.9. The van der Waals surface area contributed by atoms with Crippen molar-refractivity contribution >= 4 is 45.4 Å². The standard InChI is InChI=1S/C41H39F4N9O2/c1-22(27-8-5-9-28(37(27)43)38(44)45)47-39-30-18-33(46-20-34(30)48-23(2)49-39)26-7-4-6-24(16-26)21-53-13-10-25(11-14-53)29-19-35-31(17-32(29)42)40(51-52(35)3)54-15-12-36(55)50-41(54)56/h4-9,16-20,22,25,38H,10-15,21H2,1-3H3,(H,47,48,49)(H,50,55,56)/t22-/m1/s1. The lowest BCUT2D eigenvalue weighted by Gasteiger charge is -2.32. The maximum atomic E-state index is 15.7. The van der Waals surface area contributed by atoms with Crippen molar-refractivity contribution in [1.82, 2.24) is 34.9 Å². The Morgan fingerprint density at radius 1 is 0.946 bits per heavy atom. The van der Waals surface area contributed by atoms with Crippen LogP contribution in [0.3, 0.4) is 0 Å². The first-order valence-electron chi connectivity index (χ1n) is 18.5. The Morgan fingerprint density at radius 3 is 2.48 bits per heavy atom. The fraction of sp³-hybridized carbons (Fsp3) is 0.317. The number of carbonyl (C=O) groups is 2. The van der Waals surface area contributed by atoms with Crippen molar-refractivity contribution in [1.29, 1.82) is 0 Å². The third kappa shape index (κ3) is 7.14. The number of anilines is 2. The van der Waals surface area contributed by atoms with Crippen LogP contribution in [0, 0.1) is 18.6 Å². The number of hydrogen-bond acceptors (Lipinski definition) is 8. The third-order valence-electron chi connectivity index (χ3n) is 10.7. The van der Waals surface area contributed by atoms with Crippen molar-refractivity contribution < 1.29 is 27.2 Å². The highest BCUT2D eigenvalue weighted by Crippen LogP contribution is 2.37. The number of benzene rings is 3. The van der Waals surface area contributed by atoms with E-state index in [1.165, 1.54) is 23.1 Å². The Kier molecular flexibility index (Phi) is 9.87. The quantitative estimate of drug-likeness (QED) is 0.142. The van der Waals surface area contributed by atoms with Gasteiger partial charge in [-0.3, -0.25) is 29.6 Å². The summed E-state index contributed by atoms with van der Waals surface area (Å²) in [6, 6.07) is 16.0. The van der Waals surface area contributed by atoms with Crippen molar-refractivity contribution in [3.63, 3.8) is 0 Å². The van der Waals surface area contributed by atoms with Gasteiger partial charge in [-0.15, -0.1) is 0 Å². The molecule has 56 heavy (non-hydrogen) atoms. The fourth-order valence-corrected chi connectivity index (χ4v) is 7.81. The van der Waals surface area contributed by atoms with Gasteiger partial charge in [0.15, 0.2) is 5.82 Å². The molecule has 11 nitrogen and oxygen atoms in total. The second-order valence-corrected chi connectivity index (χ2v) is 14.5. The van der Waals surface area contributed by atoms with E-state index < -0.39 is 29.9 Å². The van der Waals surface area contributed by atoms with Crippen LogP contribution < -0.4 is 15.5 Å². The molecule has 0 aliphatic carbocycles. The minimum absolute atomic E-state index is 0.0131. The molecular weight excluding hydrogens is 727 g/mol. The number of alkyl halides is 2. The Hall–Kier alpha value is -5.96. The average Bonchev–Trinajstić information content (AvgIpc) is 3.48. The smallest absolute Gasteiger partial charge is 0.329 e. The van der Waals surface area contributed by atoms with Gasteiger partial charge in [-0.05, 0) is 81.1 Å². The van der Waals surface area contributed by atoms with Gasteiger partial charge in [0.1, 0.15) is 23.3 Å². The summed E-state index contributed by atoms with van der Waals surface area (Å²) >= 11 is 0. The molecule has 5 heterocycles. The summed E-state index contributed by atoms with van der Waals surface area (Å²) in [5.41, 5.74) is 4.05. The number of aryl methyl sites for hydroxylation is 2. The Bertz CT molecular complexity index is 2500. The summed E-state index contributed by atoms with van der Waals surface area (Å²) in [5.74, 6) is -0.365. The molecule has 288 valence electrons. The largest absolute Gasteiger partial charge is 0.363 e. The molecule has 15 heteroatoms. The number of urea groups is 1. The number of hydrogen-bond donors (Lipinski definition) is 2. The second kappa shape index (κ2) is 14.9. The van der Waals surface area contributed by atoms with E-state index in [9.17, 15) is 18.4 Å². The van der Waals surface area contributed by atoms with E-state index in [4.69, 9.17) is 4.98 Å². The molecule has 2 aliphatic heterocycles. The number of fused-ring (bicyclic) bond motifs is 2. The van der Waals surface area contributed by atoms with Crippen LogP contribution in [0.25, 0.3) is 33.1 Å². The van der Waals surface area contributed by atoms with Gasteiger partial charge >= 0.3 is 6.03 Å². The first kappa shape index (κ1) is 37.0. The molecule has 2 N–H and O–H groups in total. The van der Waals surface area contributed by atoms with Crippen LogP contribution >= 0.6 is 0 Å². The van der Waals surface area contributed by atoms with Crippen molar-refractivity contribution in [2.75, 3.05) is 29.9 Å². The van der Waals surface area contributed by atoms with Gasteiger partial charge in [0.25, 0.3) is 6.43 Å². The van der Waals surface area contributed by atoms with Crippen LogP contribution in [-0.2, 0) is 18.4 Å². The van der Waals surface area contributed by atoms with Gasteiger partial charge in [-0.2, -0.15) is 5.10 Å². The Morgan fingerprint density at radius 2 is 1.71 bits per heavy atom. The molecule has 0 unspecified atom stereocenters. The van der Waals surface area contributed by atoms with E-state index >= 15 is 8.78 Å². The zero-order valence-electron chi connectivity index (χ0n) is 31.0. The van der Waals surface area contributed by atoms with Crippen molar-refractivity contribution in [3.8, 4) is 11.3 Å². The highest BCUT2D eigenvalue weighted by molar-refractivity contribution is 6.08. The maximum absolute atomic E-state index is 15.7. The third-order valence-corrected chi connectivity index (χ3v) is 10.7. The lowest BCUT2D eigenvalue weighted by atomic mass is 9.88. The number of nitrogens with zero attached hydrogens (tertiary/aromatic N) is 7. The van der Waals surface area contributed by atoms with E-state index in [1.807, 2.05) is 24.3 Å². The van der Waals surface area contributed by atoms with Gasteiger partial charge in [-0.25, -0.2) is 32.3 Å². The molecule has 0 saturated carbocycles. The molecule has 3 aromatic heterocycles. The number of nitrogens with one attached hydrogen (secondary N) is 2.